The van der Waals surface area contributed by atoms with Gasteiger partial charge in [0.25, 0.3) is 0 Å². The molecule has 1 radical (unpaired) electrons. The van der Waals surface area contributed by atoms with Crippen LogP contribution in [0.25, 0.3) is 0 Å². The van der Waals surface area contributed by atoms with E-state index in [0.717, 1.165) is 11.8 Å². The van der Waals surface area contributed by atoms with Crippen molar-refractivity contribution in [1.29, 1.82) is 0 Å². The molecule has 93 valence electrons. The summed E-state index contributed by atoms with van der Waals surface area (Å²) in [5, 5.41) is 0. The van der Waals surface area contributed by atoms with Gasteiger partial charge in [-0.1, -0.05) is 0 Å². The zero-order chi connectivity index (χ0) is 11.3. The first-order valence-corrected chi connectivity index (χ1v) is 7.45. The van der Waals surface area contributed by atoms with Crippen molar-refractivity contribution in [3.63, 3.8) is 0 Å². The molecule has 0 unspecified atom stereocenters. The Morgan fingerprint density at radius 2 is 1.12 bits per heavy atom. The Hall–Kier alpha value is -0.0151. The minimum absolute atomic E-state index is 0.178. The van der Waals surface area contributed by atoms with Crippen LogP contribution in [0.4, 0.5) is 0 Å². The molecular formula is C14H22BO2. The van der Waals surface area contributed by atoms with Crippen LogP contribution >= 0.6 is 0 Å². The van der Waals surface area contributed by atoms with Gasteiger partial charge in [-0.2, -0.15) is 0 Å². The highest BCUT2D eigenvalue weighted by atomic mass is 16.6. The van der Waals surface area contributed by atoms with Crippen LogP contribution in [0.3, 0.4) is 0 Å². The van der Waals surface area contributed by atoms with Gasteiger partial charge in [-0.15, -0.1) is 0 Å². The molecule has 0 saturated heterocycles. The van der Waals surface area contributed by atoms with Crippen molar-refractivity contribution in [2.45, 2.75) is 75.4 Å². The maximum atomic E-state index is 6.04. The summed E-state index contributed by atoms with van der Waals surface area (Å²) >= 11 is 0. The second kappa shape index (κ2) is 3.74. The van der Waals surface area contributed by atoms with Gasteiger partial charge in [0.1, 0.15) is 0 Å². The molecule has 4 saturated carbocycles. The molecule has 0 heterocycles. The SMILES string of the molecule is [B](OC12CCC(CC1)C2)OC12CCC(CC1)C2. The molecule has 4 aliphatic carbocycles. The summed E-state index contributed by atoms with van der Waals surface area (Å²) in [6.07, 6.45) is 13.1. The summed E-state index contributed by atoms with van der Waals surface area (Å²) in [5.74, 6) is 1.90. The average molecular weight is 233 g/mol. The zero-order valence-corrected chi connectivity index (χ0v) is 10.6. The van der Waals surface area contributed by atoms with E-state index in [9.17, 15) is 0 Å². The van der Waals surface area contributed by atoms with Gasteiger partial charge in [-0.05, 0) is 76.0 Å². The molecule has 4 rings (SSSR count). The van der Waals surface area contributed by atoms with E-state index in [1.165, 1.54) is 64.2 Å². The zero-order valence-electron chi connectivity index (χ0n) is 10.6. The lowest BCUT2D eigenvalue weighted by Gasteiger charge is -2.31. The van der Waals surface area contributed by atoms with E-state index in [1.807, 2.05) is 0 Å². The highest BCUT2D eigenvalue weighted by Crippen LogP contribution is 2.51. The van der Waals surface area contributed by atoms with Gasteiger partial charge in [0.15, 0.2) is 0 Å². The lowest BCUT2D eigenvalue weighted by atomic mass is 9.95. The smallest absolute Gasteiger partial charge is 0.408 e. The average Bonchev–Trinajstić information content (AvgIpc) is 3.08. The first kappa shape index (κ1) is 10.9. The first-order chi connectivity index (χ1) is 8.28. The maximum Gasteiger partial charge on any atom is 0.488 e. The van der Waals surface area contributed by atoms with Crippen molar-refractivity contribution >= 4 is 7.69 Å². The second-order valence-corrected chi connectivity index (χ2v) is 6.99. The van der Waals surface area contributed by atoms with Crippen LogP contribution in [-0.2, 0) is 9.31 Å². The minimum atomic E-state index is 0.178. The molecule has 4 fully saturated rings. The predicted molar refractivity (Wildman–Crippen MR) is 66.5 cm³/mol. The quantitative estimate of drug-likeness (QED) is 0.694. The van der Waals surface area contributed by atoms with Crippen LogP contribution in [0.1, 0.15) is 64.2 Å². The van der Waals surface area contributed by atoms with E-state index < -0.39 is 0 Å². The molecule has 0 atom stereocenters. The third-order valence-corrected chi connectivity index (χ3v) is 5.95. The normalized spacial score (nSPS) is 51.3. The van der Waals surface area contributed by atoms with Gasteiger partial charge < -0.3 is 9.31 Å². The summed E-state index contributed by atoms with van der Waals surface area (Å²) in [6, 6.07) is 0. The minimum Gasteiger partial charge on any atom is -0.408 e. The van der Waals surface area contributed by atoms with Gasteiger partial charge >= 0.3 is 7.69 Å². The molecular weight excluding hydrogens is 211 g/mol. The summed E-state index contributed by atoms with van der Waals surface area (Å²) in [6.45, 7) is 0. The van der Waals surface area contributed by atoms with Gasteiger partial charge in [0.05, 0.1) is 11.2 Å². The van der Waals surface area contributed by atoms with Crippen molar-refractivity contribution in [1.82, 2.24) is 0 Å². The molecule has 0 amide bonds. The standard InChI is InChI=1S/C14H22BO2/c1-5-13(6-2-11(1)9-13)16-15-17-14-7-3-12(10-14)4-8-14/h11-12H,1-10H2. The molecule has 0 aromatic heterocycles. The van der Waals surface area contributed by atoms with Gasteiger partial charge in [0, 0.05) is 0 Å². The Labute approximate surface area is 105 Å². The Balaban J connectivity index is 1.31. The highest BCUT2D eigenvalue weighted by molar-refractivity contribution is 6.18. The number of hydrogen-bond acceptors (Lipinski definition) is 2. The van der Waals surface area contributed by atoms with Crippen molar-refractivity contribution in [2.24, 2.45) is 11.8 Å². The van der Waals surface area contributed by atoms with Gasteiger partial charge in [-0.3, -0.25) is 0 Å². The van der Waals surface area contributed by atoms with Gasteiger partial charge in [-0.25, -0.2) is 0 Å². The van der Waals surface area contributed by atoms with Crippen molar-refractivity contribution in [3.8, 4) is 0 Å². The van der Waals surface area contributed by atoms with E-state index >= 15 is 0 Å². The molecule has 0 N–H and O–H groups in total. The number of fused-ring (bicyclic) bond motifs is 4. The maximum absolute atomic E-state index is 6.04. The van der Waals surface area contributed by atoms with Crippen LogP contribution in [0.2, 0.25) is 0 Å². The van der Waals surface area contributed by atoms with Crippen LogP contribution in [0.5, 0.6) is 0 Å². The lowest BCUT2D eigenvalue weighted by molar-refractivity contribution is 0.00824. The summed E-state index contributed by atoms with van der Waals surface area (Å²) in [5.41, 5.74) is 0.357. The van der Waals surface area contributed by atoms with Crippen molar-refractivity contribution < 1.29 is 9.31 Å². The molecule has 0 aliphatic heterocycles. The van der Waals surface area contributed by atoms with Crippen LogP contribution in [0.15, 0.2) is 0 Å². The molecule has 3 heteroatoms. The van der Waals surface area contributed by atoms with Gasteiger partial charge in [0.2, 0.25) is 0 Å². The number of hydrogen-bond donors (Lipinski definition) is 0. The van der Waals surface area contributed by atoms with Crippen LogP contribution in [-0.4, -0.2) is 18.9 Å². The fraction of sp³-hybridized carbons (Fsp3) is 1.00. The molecule has 0 aromatic rings. The van der Waals surface area contributed by atoms with E-state index in [-0.39, 0.29) is 11.2 Å². The van der Waals surface area contributed by atoms with Crippen molar-refractivity contribution in [3.05, 3.63) is 0 Å². The Kier molecular flexibility index (Phi) is 2.39. The summed E-state index contributed by atoms with van der Waals surface area (Å²) in [4.78, 5) is 0. The van der Waals surface area contributed by atoms with Crippen LogP contribution in [0, 0.1) is 11.8 Å². The fourth-order valence-electron chi connectivity index (χ4n) is 4.84. The molecule has 0 spiro atoms. The number of rotatable bonds is 4. The lowest BCUT2D eigenvalue weighted by Crippen LogP contribution is -2.35. The van der Waals surface area contributed by atoms with E-state index in [2.05, 4.69) is 0 Å². The Bertz CT molecular complexity index is 271. The monoisotopic (exact) mass is 233 g/mol. The molecule has 4 aliphatic rings. The summed E-state index contributed by atoms with van der Waals surface area (Å²) < 4.78 is 12.1. The third kappa shape index (κ3) is 1.77. The molecule has 0 aromatic carbocycles. The van der Waals surface area contributed by atoms with E-state index in [4.69, 9.17) is 9.31 Å². The predicted octanol–water partition coefficient (Wildman–Crippen LogP) is 3.22. The largest absolute Gasteiger partial charge is 0.488 e. The second-order valence-electron chi connectivity index (χ2n) is 6.99. The topological polar surface area (TPSA) is 18.5 Å². The Morgan fingerprint density at radius 1 is 0.706 bits per heavy atom. The van der Waals surface area contributed by atoms with E-state index in [0.29, 0.717) is 0 Å². The first-order valence-electron chi connectivity index (χ1n) is 7.45. The summed E-state index contributed by atoms with van der Waals surface area (Å²) in [7, 11) is 1.74. The highest BCUT2D eigenvalue weighted by Gasteiger charge is 2.48. The fourth-order valence-corrected chi connectivity index (χ4v) is 4.84. The molecule has 17 heavy (non-hydrogen) atoms. The third-order valence-electron chi connectivity index (χ3n) is 5.95. The van der Waals surface area contributed by atoms with E-state index in [1.54, 1.807) is 7.69 Å². The molecule has 2 nitrogen and oxygen atoms in total. The Morgan fingerprint density at radius 3 is 1.41 bits per heavy atom. The molecule has 4 bridgehead atoms. The van der Waals surface area contributed by atoms with Crippen LogP contribution < -0.4 is 0 Å². The van der Waals surface area contributed by atoms with Crippen molar-refractivity contribution in [2.75, 3.05) is 0 Å².